The van der Waals surface area contributed by atoms with Crippen LogP contribution in [0.5, 0.6) is 0 Å². The number of carbonyl (C=O) groups is 1. The van der Waals surface area contributed by atoms with Crippen LogP contribution >= 0.6 is 0 Å². The smallest absolute Gasteiger partial charge is 0.410 e. The van der Waals surface area contributed by atoms with Gasteiger partial charge in [0, 0.05) is 88.6 Å². The van der Waals surface area contributed by atoms with Gasteiger partial charge in [0.25, 0.3) is 0 Å². The van der Waals surface area contributed by atoms with Gasteiger partial charge in [0.05, 0.1) is 15.9 Å². The molecule has 51 heavy (non-hydrogen) atoms. The van der Waals surface area contributed by atoms with Crippen molar-refractivity contribution in [3.05, 3.63) is 72.3 Å². The fourth-order valence-electron chi connectivity index (χ4n) is 7.47. The summed E-state index contributed by atoms with van der Waals surface area (Å²) in [6.07, 6.45) is 5.96. The Bertz CT molecular complexity index is 2030. The molecule has 4 aromatic rings. The first-order valence-corrected chi connectivity index (χ1v) is 19.9. The van der Waals surface area contributed by atoms with E-state index in [-0.39, 0.29) is 11.0 Å². The van der Waals surface area contributed by atoms with Gasteiger partial charge < -0.3 is 23.8 Å². The minimum absolute atomic E-state index is 0.277. The average molecular weight is 712 g/mol. The standard InChI is InChI=1S/C40H49N5O5S/c1-40(2,3)50-39(46)45-18-14-29(15-19-45)35-26-31(27-36-37(35)41-38(42(36)4)30-8-12-34(13-9-30)51(5,47)48)28-6-10-32(11-7-28)43-20-22-44(23-21-43)33-16-24-49-25-17-33/h6-14,26-27,33H,15-25H2,1-5H3. The maximum absolute atomic E-state index is 12.8. The third-order valence-corrected chi connectivity index (χ3v) is 11.4. The highest BCUT2D eigenvalue weighted by Gasteiger charge is 2.27. The van der Waals surface area contributed by atoms with Gasteiger partial charge in [-0.05, 0) is 105 Å². The van der Waals surface area contributed by atoms with Crippen LogP contribution in [0.2, 0.25) is 0 Å². The number of carbonyl (C=O) groups excluding carboxylic acids is 1. The number of nitrogens with zero attached hydrogens (tertiary/aromatic N) is 5. The molecular weight excluding hydrogens is 663 g/mol. The Morgan fingerprint density at radius 3 is 2.16 bits per heavy atom. The summed E-state index contributed by atoms with van der Waals surface area (Å²) in [6.45, 7) is 12.6. The number of imidazole rings is 1. The van der Waals surface area contributed by atoms with Crippen LogP contribution in [-0.4, -0.2) is 104 Å². The van der Waals surface area contributed by atoms with Crippen LogP contribution in [0.3, 0.4) is 0 Å². The van der Waals surface area contributed by atoms with Crippen LogP contribution in [0.25, 0.3) is 39.1 Å². The maximum atomic E-state index is 12.8. The molecule has 1 amide bonds. The number of piperazine rings is 1. The molecule has 10 nitrogen and oxygen atoms in total. The number of fused-ring (bicyclic) bond motifs is 1. The van der Waals surface area contributed by atoms with E-state index in [2.05, 4.69) is 56.8 Å². The van der Waals surface area contributed by atoms with Crippen LogP contribution in [0, 0.1) is 0 Å². The molecule has 2 saturated heterocycles. The van der Waals surface area contributed by atoms with Gasteiger partial charge in [-0.15, -0.1) is 0 Å². The number of hydrogen-bond donors (Lipinski definition) is 0. The lowest BCUT2D eigenvalue weighted by molar-refractivity contribution is 0.0270. The van der Waals surface area contributed by atoms with Gasteiger partial charge in [-0.1, -0.05) is 18.2 Å². The van der Waals surface area contributed by atoms with Crippen molar-refractivity contribution in [2.75, 3.05) is 63.6 Å². The molecule has 270 valence electrons. The lowest BCUT2D eigenvalue weighted by atomic mass is 9.94. The Balaban J connectivity index is 1.20. The first-order chi connectivity index (χ1) is 24.3. The number of aromatic nitrogens is 2. The highest BCUT2D eigenvalue weighted by Crippen LogP contribution is 2.37. The van der Waals surface area contributed by atoms with Gasteiger partial charge in [0.15, 0.2) is 9.84 Å². The Hall–Kier alpha value is -4.19. The summed E-state index contributed by atoms with van der Waals surface area (Å²) in [5.74, 6) is 0.755. The summed E-state index contributed by atoms with van der Waals surface area (Å²) in [5.41, 5.74) is 7.76. The van der Waals surface area contributed by atoms with Crippen LogP contribution in [0.15, 0.2) is 71.6 Å². The number of hydrogen-bond acceptors (Lipinski definition) is 8. The van der Waals surface area contributed by atoms with Crippen molar-refractivity contribution in [1.29, 1.82) is 0 Å². The van der Waals surface area contributed by atoms with E-state index in [1.807, 2.05) is 40.0 Å². The van der Waals surface area contributed by atoms with Gasteiger partial charge in [-0.3, -0.25) is 4.90 Å². The molecule has 0 aliphatic carbocycles. The van der Waals surface area contributed by atoms with Crippen molar-refractivity contribution >= 4 is 38.2 Å². The normalized spacial score (nSPS) is 18.3. The Kier molecular flexibility index (Phi) is 9.73. The molecule has 3 aliphatic heterocycles. The third kappa shape index (κ3) is 7.71. The van der Waals surface area contributed by atoms with Crippen LogP contribution in [0.1, 0.15) is 45.6 Å². The van der Waals surface area contributed by atoms with Gasteiger partial charge >= 0.3 is 6.09 Å². The van der Waals surface area contributed by atoms with E-state index in [0.717, 1.165) is 96.9 Å². The fourth-order valence-corrected chi connectivity index (χ4v) is 8.10. The topological polar surface area (TPSA) is 97.2 Å². The Morgan fingerprint density at radius 1 is 0.882 bits per heavy atom. The predicted molar refractivity (Wildman–Crippen MR) is 203 cm³/mol. The first kappa shape index (κ1) is 35.2. The second-order valence-electron chi connectivity index (χ2n) is 15.0. The summed E-state index contributed by atoms with van der Waals surface area (Å²) in [5, 5.41) is 0. The van der Waals surface area contributed by atoms with Crippen molar-refractivity contribution in [2.24, 2.45) is 7.05 Å². The third-order valence-electron chi connectivity index (χ3n) is 10.3. The molecule has 0 bridgehead atoms. The van der Waals surface area contributed by atoms with E-state index in [4.69, 9.17) is 14.5 Å². The fraction of sp³-hybridized carbons (Fsp3) is 0.450. The van der Waals surface area contributed by atoms with Crippen molar-refractivity contribution in [2.45, 2.75) is 56.6 Å². The monoisotopic (exact) mass is 711 g/mol. The largest absolute Gasteiger partial charge is 0.444 e. The van der Waals surface area contributed by atoms with E-state index in [9.17, 15) is 13.2 Å². The lowest BCUT2D eigenvalue weighted by Gasteiger charge is -2.41. The van der Waals surface area contributed by atoms with Gasteiger partial charge in [0.1, 0.15) is 11.4 Å². The molecular formula is C40H49N5O5S. The van der Waals surface area contributed by atoms with Crippen molar-refractivity contribution < 1.29 is 22.7 Å². The van der Waals surface area contributed by atoms with Crippen LogP contribution < -0.4 is 4.90 Å². The van der Waals surface area contributed by atoms with E-state index in [1.54, 1.807) is 17.0 Å². The lowest BCUT2D eigenvalue weighted by Crippen LogP contribution is -2.51. The van der Waals surface area contributed by atoms with Crippen LogP contribution in [-0.2, 0) is 26.4 Å². The van der Waals surface area contributed by atoms with E-state index < -0.39 is 15.4 Å². The van der Waals surface area contributed by atoms with Crippen molar-refractivity contribution in [3.8, 4) is 22.5 Å². The molecule has 0 saturated carbocycles. The van der Waals surface area contributed by atoms with Crippen LogP contribution in [0.4, 0.5) is 10.5 Å². The number of benzene rings is 3. The molecule has 2 fully saturated rings. The summed E-state index contributed by atoms with van der Waals surface area (Å²) in [6, 6.07) is 20.9. The van der Waals surface area contributed by atoms with Gasteiger partial charge in [0.2, 0.25) is 0 Å². The average Bonchev–Trinajstić information content (AvgIpc) is 3.46. The molecule has 0 N–H and O–H groups in total. The number of anilines is 1. The molecule has 1 aromatic heterocycles. The summed E-state index contributed by atoms with van der Waals surface area (Å²) in [7, 11) is -1.31. The molecule has 4 heterocycles. The minimum Gasteiger partial charge on any atom is -0.444 e. The number of aryl methyl sites for hydroxylation is 1. The zero-order valence-corrected chi connectivity index (χ0v) is 31.2. The quantitative estimate of drug-likeness (QED) is 0.220. The number of rotatable bonds is 6. The zero-order chi connectivity index (χ0) is 35.9. The molecule has 0 unspecified atom stereocenters. The second kappa shape index (κ2) is 14.1. The summed E-state index contributed by atoms with van der Waals surface area (Å²) < 4.78 is 37.6. The highest BCUT2D eigenvalue weighted by molar-refractivity contribution is 7.90. The SMILES string of the molecule is Cn1c(-c2ccc(S(C)(=O)=O)cc2)nc2c(C3=CCN(C(=O)OC(C)(C)C)CC3)cc(-c3ccc(N4CCN(C5CCOCC5)CC4)cc3)cc21. The highest BCUT2D eigenvalue weighted by atomic mass is 32.2. The predicted octanol–water partition coefficient (Wildman–Crippen LogP) is 6.64. The number of sulfone groups is 1. The molecule has 0 radical (unpaired) electrons. The van der Waals surface area contributed by atoms with E-state index in [1.165, 1.54) is 11.9 Å². The molecule has 3 aromatic carbocycles. The Morgan fingerprint density at radius 2 is 1.55 bits per heavy atom. The molecule has 7 rings (SSSR count). The second-order valence-corrected chi connectivity index (χ2v) is 17.0. The summed E-state index contributed by atoms with van der Waals surface area (Å²) >= 11 is 0. The first-order valence-electron chi connectivity index (χ1n) is 18.0. The number of amides is 1. The van der Waals surface area contributed by atoms with Crippen molar-refractivity contribution in [3.63, 3.8) is 0 Å². The number of ether oxygens (including phenoxy) is 2. The molecule has 3 aliphatic rings. The zero-order valence-electron chi connectivity index (χ0n) is 30.4. The van der Waals surface area contributed by atoms with Gasteiger partial charge in [-0.2, -0.15) is 0 Å². The van der Waals surface area contributed by atoms with Crippen molar-refractivity contribution in [1.82, 2.24) is 19.4 Å². The molecule has 11 heteroatoms. The van der Waals surface area contributed by atoms with E-state index >= 15 is 0 Å². The summed E-state index contributed by atoms with van der Waals surface area (Å²) in [4.78, 5) is 25.1. The Labute approximate surface area is 301 Å². The van der Waals surface area contributed by atoms with Gasteiger partial charge in [-0.25, -0.2) is 18.2 Å². The minimum atomic E-state index is -3.31. The van der Waals surface area contributed by atoms with E-state index in [0.29, 0.717) is 25.6 Å². The maximum Gasteiger partial charge on any atom is 0.410 e. The molecule has 0 atom stereocenters. The molecule has 0 spiro atoms.